The Hall–Kier alpha value is -2.12. The van der Waals surface area contributed by atoms with Gasteiger partial charge in [-0.05, 0) is 38.3 Å². The summed E-state index contributed by atoms with van der Waals surface area (Å²) in [7, 11) is 0. The molecule has 0 aromatic heterocycles. The number of carbonyl (C=O) groups is 2. The number of piperazine rings is 1. The van der Waals surface area contributed by atoms with E-state index in [1.165, 1.54) is 0 Å². The molecule has 28 heavy (non-hydrogen) atoms. The molecule has 1 atom stereocenters. The summed E-state index contributed by atoms with van der Waals surface area (Å²) < 4.78 is 11.3. The van der Waals surface area contributed by atoms with Crippen LogP contribution in [0.25, 0.3) is 0 Å². The van der Waals surface area contributed by atoms with E-state index in [4.69, 9.17) is 15.2 Å². The number of aryl methyl sites for hydroxylation is 1. The summed E-state index contributed by atoms with van der Waals surface area (Å²) in [5, 5.41) is 0. The van der Waals surface area contributed by atoms with Crippen LogP contribution in [-0.4, -0.2) is 73.7 Å². The number of nitrogens with zero attached hydrogens (tertiary/aromatic N) is 2. The van der Waals surface area contributed by atoms with Crippen molar-refractivity contribution in [1.82, 2.24) is 9.80 Å². The molecule has 7 heteroatoms. The first-order chi connectivity index (χ1) is 13.5. The molecule has 2 amide bonds. The van der Waals surface area contributed by atoms with Gasteiger partial charge in [0.25, 0.3) is 5.91 Å². The first-order valence-electron chi connectivity index (χ1n) is 10.0. The molecule has 0 radical (unpaired) electrons. The van der Waals surface area contributed by atoms with Gasteiger partial charge in [0.05, 0.1) is 5.41 Å². The normalized spacial score (nSPS) is 20.5. The number of carbonyl (C=O) groups excluding carboxylic acids is 2. The third-order valence-electron chi connectivity index (χ3n) is 5.92. The number of hydrogen-bond donors (Lipinski definition) is 1. The number of benzene rings is 1. The zero-order valence-corrected chi connectivity index (χ0v) is 16.9. The molecule has 2 N–H and O–H groups in total. The topological polar surface area (TPSA) is 85.1 Å². The van der Waals surface area contributed by atoms with Gasteiger partial charge in [0.15, 0.2) is 6.10 Å². The summed E-state index contributed by atoms with van der Waals surface area (Å²) in [4.78, 5) is 29.5. The second-order valence-corrected chi connectivity index (χ2v) is 7.74. The maximum atomic E-state index is 13.1. The van der Waals surface area contributed by atoms with Crippen LogP contribution >= 0.6 is 0 Å². The van der Waals surface area contributed by atoms with Crippen LogP contribution in [-0.2, 0) is 14.3 Å². The number of amides is 2. The van der Waals surface area contributed by atoms with Crippen LogP contribution in [0.15, 0.2) is 24.3 Å². The predicted octanol–water partition coefficient (Wildman–Crippen LogP) is 1.19. The predicted molar refractivity (Wildman–Crippen MR) is 106 cm³/mol. The van der Waals surface area contributed by atoms with Crippen molar-refractivity contribution in [3.8, 4) is 5.75 Å². The Morgan fingerprint density at radius 2 is 1.75 bits per heavy atom. The van der Waals surface area contributed by atoms with E-state index in [1.807, 2.05) is 36.1 Å². The fourth-order valence-corrected chi connectivity index (χ4v) is 3.92. The first kappa shape index (κ1) is 20.6. The van der Waals surface area contributed by atoms with E-state index in [0.717, 1.165) is 11.3 Å². The van der Waals surface area contributed by atoms with Gasteiger partial charge in [0.2, 0.25) is 5.91 Å². The third-order valence-corrected chi connectivity index (χ3v) is 5.92. The number of ether oxygens (including phenoxy) is 2. The molecule has 1 unspecified atom stereocenters. The summed E-state index contributed by atoms with van der Waals surface area (Å²) in [6.45, 7) is 7.33. The van der Waals surface area contributed by atoms with Gasteiger partial charge in [0.1, 0.15) is 5.75 Å². The van der Waals surface area contributed by atoms with E-state index in [9.17, 15) is 9.59 Å². The zero-order chi connectivity index (χ0) is 20.1. The van der Waals surface area contributed by atoms with E-state index in [0.29, 0.717) is 58.8 Å². The lowest BCUT2D eigenvalue weighted by atomic mass is 9.78. The molecule has 2 saturated heterocycles. The Morgan fingerprint density at radius 1 is 1.14 bits per heavy atom. The minimum atomic E-state index is -0.561. The van der Waals surface area contributed by atoms with Gasteiger partial charge in [-0.2, -0.15) is 0 Å². The monoisotopic (exact) mass is 389 g/mol. The molecule has 2 fully saturated rings. The largest absolute Gasteiger partial charge is 0.481 e. The number of nitrogens with two attached hydrogens (primary N) is 1. The van der Waals surface area contributed by atoms with Gasteiger partial charge in [0, 0.05) is 45.9 Å². The highest BCUT2D eigenvalue weighted by atomic mass is 16.5. The molecule has 0 bridgehead atoms. The number of hydrogen-bond acceptors (Lipinski definition) is 5. The highest BCUT2D eigenvalue weighted by Gasteiger charge is 2.42. The summed E-state index contributed by atoms with van der Waals surface area (Å²) in [5.41, 5.74) is 6.46. The SMILES string of the molecule is Cc1ccccc1OC(C)C(=O)N1CCN(C(=O)C2(CN)CCOCC2)CC1. The second-order valence-electron chi connectivity index (χ2n) is 7.74. The van der Waals surface area contributed by atoms with Crippen LogP contribution in [0.5, 0.6) is 5.75 Å². The number of para-hydroxylation sites is 1. The van der Waals surface area contributed by atoms with Crippen molar-refractivity contribution in [2.75, 3.05) is 45.9 Å². The molecule has 0 aliphatic carbocycles. The molecule has 0 spiro atoms. The Kier molecular flexibility index (Phi) is 6.57. The lowest BCUT2D eigenvalue weighted by Gasteiger charge is -2.42. The molecule has 2 aliphatic rings. The second kappa shape index (κ2) is 8.92. The molecular formula is C21H31N3O4. The van der Waals surface area contributed by atoms with Crippen LogP contribution in [0, 0.1) is 12.3 Å². The first-order valence-corrected chi connectivity index (χ1v) is 10.0. The van der Waals surface area contributed by atoms with Crippen molar-refractivity contribution in [2.24, 2.45) is 11.1 Å². The standard InChI is InChI=1S/C21H31N3O4/c1-16-5-3-4-6-18(16)28-17(2)19(25)23-9-11-24(12-10-23)20(26)21(15-22)7-13-27-14-8-21/h3-6,17H,7-15,22H2,1-2H3. The maximum absolute atomic E-state index is 13.1. The molecule has 3 rings (SSSR count). The van der Waals surface area contributed by atoms with Crippen molar-refractivity contribution >= 4 is 11.8 Å². The summed E-state index contributed by atoms with van der Waals surface area (Å²) >= 11 is 0. The van der Waals surface area contributed by atoms with Gasteiger partial charge in [-0.3, -0.25) is 9.59 Å². The highest BCUT2D eigenvalue weighted by molar-refractivity contribution is 5.84. The van der Waals surface area contributed by atoms with E-state index >= 15 is 0 Å². The van der Waals surface area contributed by atoms with Crippen LogP contribution in [0.1, 0.15) is 25.3 Å². The summed E-state index contributed by atoms with van der Waals surface area (Å²) in [6.07, 6.45) is 0.778. The maximum Gasteiger partial charge on any atom is 0.263 e. The average Bonchev–Trinajstić information content (AvgIpc) is 2.75. The third kappa shape index (κ3) is 4.31. The Morgan fingerprint density at radius 3 is 2.36 bits per heavy atom. The molecule has 154 valence electrons. The van der Waals surface area contributed by atoms with E-state index in [1.54, 1.807) is 11.8 Å². The fourth-order valence-electron chi connectivity index (χ4n) is 3.92. The van der Waals surface area contributed by atoms with Crippen LogP contribution < -0.4 is 10.5 Å². The van der Waals surface area contributed by atoms with Crippen molar-refractivity contribution in [1.29, 1.82) is 0 Å². The summed E-state index contributed by atoms with van der Waals surface area (Å²) in [5.74, 6) is 0.783. The molecule has 1 aromatic carbocycles. The molecule has 1 aromatic rings. The van der Waals surface area contributed by atoms with E-state index in [2.05, 4.69) is 0 Å². The molecule has 0 saturated carbocycles. The smallest absolute Gasteiger partial charge is 0.263 e. The van der Waals surface area contributed by atoms with Crippen molar-refractivity contribution in [3.05, 3.63) is 29.8 Å². The highest BCUT2D eigenvalue weighted by Crippen LogP contribution is 2.32. The Balaban J connectivity index is 1.55. The fraction of sp³-hybridized carbons (Fsp3) is 0.619. The quantitative estimate of drug-likeness (QED) is 0.818. The Labute approximate surface area is 166 Å². The lowest BCUT2D eigenvalue weighted by Crippen LogP contribution is -2.58. The van der Waals surface area contributed by atoms with Crippen LogP contribution in [0.3, 0.4) is 0 Å². The van der Waals surface area contributed by atoms with Gasteiger partial charge >= 0.3 is 0 Å². The Bertz CT molecular complexity index is 695. The van der Waals surface area contributed by atoms with Gasteiger partial charge in [-0.25, -0.2) is 0 Å². The van der Waals surface area contributed by atoms with E-state index < -0.39 is 11.5 Å². The molecule has 2 aliphatic heterocycles. The van der Waals surface area contributed by atoms with Crippen LogP contribution in [0.2, 0.25) is 0 Å². The van der Waals surface area contributed by atoms with Gasteiger partial charge in [-0.15, -0.1) is 0 Å². The van der Waals surface area contributed by atoms with Crippen molar-refractivity contribution < 1.29 is 19.1 Å². The van der Waals surface area contributed by atoms with E-state index in [-0.39, 0.29) is 11.8 Å². The molecule has 2 heterocycles. The summed E-state index contributed by atoms with van der Waals surface area (Å²) in [6, 6.07) is 7.67. The molecule has 7 nitrogen and oxygen atoms in total. The lowest BCUT2D eigenvalue weighted by molar-refractivity contribution is -0.152. The van der Waals surface area contributed by atoms with Gasteiger partial charge < -0.3 is 25.0 Å². The number of rotatable bonds is 5. The minimum absolute atomic E-state index is 0.0463. The average molecular weight is 389 g/mol. The zero-order valence-electron chi connectivity index (χ0n) is 16.9. The minimum Gasteiger partial charge on any atom is -0.481 e. The van der Waals surface area contributed by atoms with Crippen molar-refractivity contribution in [3.63, 3.8) is 0 Å². The molecular weight excluding hydrogens is 358 g/mol. The van der Waals surface area contributed by atoms with Crippen molar-refractivity contribution in [2.45, 2.75) is 32.8 Å². The van der Waals surface area contributed by atoms with Gasteiger partial charge in [-0.1, -0.05) is 18.2 Å². The van der Waals surface area contributed by atoms with Crippen LogP contribution in [0.4, 0.5) is 0 Å².